The van der Waals surface area contributed by atoms with E-state index in [-0.39, 0.29) is 37.2 Å². The van der Waals surface area contributed by atoms with Gasteiger partial charge >= 0.3 is 0 Å². The number of aromatic amines is 2. The minimum Gasteiger partial charge on any atom is -0.391 e. The fourth-order valence-corrected chi connectivity index (χ4v) is 9.68. The van der Waals surface area contributed by atoms with Gasteiger partial charge in [-0.15, -0.1) is 0 Å². The first kappa shape index (κ1) is 50.0. The molecule has 354 valence electrons. The molecule has 0 saturated carbocycles. The Labute approximate surface area is 398 Å². The van der Waals surface area contributed by atoms with Crippen molar-refractivity contribution in [2.24, 2.45) is 11.5 Å². The van der Waals surface area contributed by atoms with E-state index in [1.165, 1.54) is 19.4 Å². The number of amides is 7. The molecular formula is C45H52ClN11O8S2. The van der Waals surface area contributed by atoms with Crippen LogP contribution in [-0.2, 0) is 59.2 Å². The molecule has 0 aliphatic carbocycles. The van der Waals surface area contributed by atoms with Crippen molar-refractivity contribution in [1.82, 2.24) is 46.9 Å². The van der Waals surface area contributed by atoms with Gasteiger partial charge in [-0.3, -0.25) is 33.6 Å². The fraction of sp³-hybridized carbons (Fsp3) is 0.333. The summed E-state index contributed by atoms with van der Waals surface area (Å²) in [5, 5.41) is 27.6. The summed E-state index contributed by atoms with van der Waals surface area (Å²) >= 11 is 6.18. The van der Waals surface area contributed by atoms with Crippen molar-refractivity contribution in [3.05, 3.63) is 125 Å². The van der Waals surface area contributed by atoms with E-state index in [1.54, 1.807) is 42.6 Å². The number of aliphatic hydroxyl groups excluding tert-OH is 1. The minimum atomic E-state index is -1.52. The molecule has 3 heterocycles. The van der Waals surface area contributed by atoms with Crippen LogP contribution >= 0.6 is 33.2 Å². The number of hydrogen-bond acceptors (Lipinski definition) is 12. The van der Waals surface area contributed by atoms with E-state index in [2.05, 4.69) is 46.9 Å². The summed E-state index contributed by atoms with van der Waals surface area (Å²) in [6.07, 6.45) is 3.05. The lowest BCUT2D eigenvalue weighted by Gasteiger charge is -2.27. The van der Waals surface area contributed by atoms with Gasteiger partial charge in [0, 0.05) is 64.8 Å². The van der Waals surface area contributed by atoms with Crippen LogP contribution in [0.15, 0.2) is 97.6 Å². The maximum absolute atomic E-state index is 14.6. The molecule has 0 unspecified atom stereocenters. The second-order valence-corrected chi connectivity index (χ2v) is 19.0. The number of fused-ring (bicyclic) bond motifs is 1. The molecule has 0 bridgehead atoms. The summed E-state index contributed by atoms with van der Waals surface area (Å²) in [6, 6.07) is 13.6. The predicted octanol–water partition coefficient (Wildman–Crippen LogP) is 0.312. The van der Waals surface area contributed by atoms with Crippen LogP contribution in [0.5, 0.6) is 0 Å². The first-order valence-corrected chi connectivity index (χ1v) is 24.1. The Morgan fingerprint density at radius 3 is 2.09 bits per heavy atom. The van der Waals surface area contributed by atoms with Crippen LogP contribution < -0.4 is 43.4 Å². The number of aliphatic hydroxyl groups is 1. The highest BCUT2D eigenvalue weighted by Gasteiger charge is 2.36. The average molecular weight is 975 g/mol. The van der Waals surface area contributed by atoms with Gasteiger partial charge in [0.2, 0.25) is 41.4 Å². The molecule has 1 aliphatic heterocycles. The van der Waals surface area contributed by atoms with E-state index in [4.69, 9.17) is 23.1 Å². The number of nitrogens with one attached hydrogen (secondary N) is 8. The SMILES string of the molecule is C[C@@H](O)[C@H](NC(=O)[C@@H]1CSSC[C@H](NC(=O)[C@H](N)Cc2ccccc2)C(=O)N[C@@H](Cc2cnc[nH]2)C(=O)N[C@H](Cc2ccc(Cl)cc2)C(=O)N[C@@H](Cc2c[nH]c3ccccc23)C(=O)N1)C(N)=O. The highest BCUT2D eigenvalue weighted by molar-refractivity contribution is 8.76. The first-order valence-electron chi connectivity index (χ1n) is 21.2. The van der Waals surface area contributed by atoms with Crippen molar-refractivity contribution in [3.8, 4) is 0 Å². The van der Waals surface area contributed by atoms with Gasteiger partial charge in [0.15, 0.2) is 0 Å². The molecule has 7 amide bonds. The molecule has 5 aromatic rings. The summed E-state index contributed by atoms with van der Waals surface area (Å²) in [4.78, 5) is 108. The van der Waals surface area contributed by atoms with Crippen LogP contribution in [0.4, 0.5) is 0 Å². The normalized spacial score (nSPS) is 21.3. The smallest absolute Gasteiger partial charge is 0.244 e. The topological polar surface area (TPSA) is 308 Å². The zero-order valence-corrected chi connectivity index (χ0v) is 38.6. The molecule has 1 saturated heterocycles. The largest absolute Gasteiger partial charge is 0.391 e. The number of rotatable bonds is 14. The maximum atomic E-state index is 14.6. The van der Waals surface area contributed by atoms with Crippen LogP contribution in [0.1, 0.15) is 29.3 Å². The number of primary amides is 1. The number of nitrogens with two attached hydrogens (primary N) is 2. The molecular weight excluding hydrogens is 922 g/mol. The molecule has 19 nitrogen and oxygen atoms in total. The monoisotopic (exact) mass is 973 g/mol. The van der Waals surface area contributed by atoms with Gasteiger partial charge in [-0.25, -0.2) is 4.98 Å². The molecule has 0 radical (unpaired) electrons. The number of nitrogens with zero attached hydrogens (tertiary/aromatic N) is 1. The second-order valence-electron chi connectivity index (χ2n) is 16.0. The highest BCUT2D eigenvalue weighted by atomic mass is 35.5. The molecule has 3 aromatic carbocycles. The third kappa shape index (κ3) is 14.3. The predicted molar refractivity (Wildman–Crippen MR) is 255 cm³/mol. The number of para-hydroxylation sites is 1. The lowest BCUT2D eigenvalue weighted by molar-refractivity contribution is -0.135. The lowest BCUT2D eigenvalue weighted by atomic mass is 10.0. The van der Waals surface area contributed by atoms with Crippen LogP contribution in [0.25, 0.3) is 10.9 Å². The van der Waals surface area contributed by atoms with Gasteiger partial charge in [-0.05, 0) is 48.2 Å². The van der Waals surface area contributed by atoms with Crippen molar-refractivity contribution in [3.63, 3.8) is 0 Å². The van der Waals surface area contributed by atoms with Gasteiger partial charge < -0.3 is 58.4 Å². The molecule has 67 heavy (non-hydrogen) atoms. The third-order valence-electron chi connectivity index (χ3n) is 10.9. The van der Waals surface area contributed by atoms with E-state index >= 15 is 0 Å². The molecule has 1 fully saturated rings. The fourth-order valence-electron chi connectivity index (χ4n) is 7.23. The summed E-state index contributed by atoms with van der Waals surface area (Å²) in [6.45, 7) is 1.26. The maximum Gasteiger partial charge on any atom is 0.244 e. The van der Waals surface area contributed by atoms with E-state index in [0.717, 1.165) is 38.1 Å². The molecule has 1 aliphatic rings. The minimum absolute atomic E-state index is 0.0801. The van der Waals surface area contributed by atoms with Crippen LogP contribution in [0, 0.1) is 0 Å². The Kier molecular flexibility index (Phi) is 17.8. The van der Waals surface area contributed by atoms with Crippen LogP contribution in [0.2, 0.25) is 5.02 Å². The van der Waals surface area contributed by atoms with E-state index in [9.17, 15) is 38.7 Å². The number of aromatic nitrogens is 3. The first-order chi connectivity index (χ1) is 32.1. The zero-order chi connectivity index (χ0) is 48.0. The number of hydrogen-bond donors (Lipinski definition) is 11. The Morgan fingerprint density at radius 1 is 0.791 bits per heavy atom. The number of imidazole rings is 1. The van der Waals surface area contributed by atoms with Gasteiger partial charge in [0.1, 0.15) is 36.3 Å². The quantitative estimate of drug-likeness (QED) is 0.0671. The van der Waals surface area contributed by atoms with Crippen molar-refractivity contribution >= 4 is 85.4 Å². The van der Waals surface area contributed by atoms with E-state index < -0.39 is 89.7 Å². The van der Waals surface area contributed by atoms with Crippen molar-refractivity contribution in [2.45, 2.75) is 81.0 Å². The number of carbonyl (C=O) groups excluding carboxylic acids is 7. The van der Waals surface area contributed by atoms with Gasteiger partial charge in [0.05, 0.1) is 18.5 Å². The highest BCUT2D eigenvalue weighted by Crippen LogP contribution is 2.25. The molecule has 0 spiro atoms. The summed E-state index contributed by atoms with van der Waals surface area (Å²) in [7, 11) is 2.10. The Morgan fingerprint density at radius 2 is 1.42 bits per heavy atom. The third-order valence-corrected chi connectivity index (χ3v) is 13.5. The number of benzene rings is 3. The van der Waals surface area contributed by atoms with Crippen LogP contribution in [-0.4, -0.2) is 121 Å². The summed E-state index contributed by atoms with van der Waals surface area (Å²) < 4.78 is 0. The molecule has 22 heteroatoms. The summed E-state index contributed by atoms with van der Waals surface area (Å²) in [5.41, 5.74) is 15.1. The lowest BCUT2D eigenvalue weighted by Crippen LogP contribution is -2.61. The average Bonchev–Trinajstić information content (AvgIpc) is 3.98. The van der Waals surface area contributed by atoms with Crippen molar-refractivity contribution in [2.75, 3.05) is 11.5 Å². The molecule has 8 atom stereocenters. The Balaban J connectivity index is 1.37. The van der Waals surface area contributed by atoms with Crippen LogP contribution in [0.3, 0.4) is 0 Å². The van der Waals surface area contributed by atoms with E-state index in [1.807, 2.05) is 42.5 Å². The van der Waals surface area contributed by atoms with E-state index in [0.29, 0.717) is 21.8 Å². The zero-order valence-electron chi connectivity index (χ0n) is 36.2. The number of halogens is 1. The molecule has 2 aromatic heterocycles. The molecule has 6 rings (SSSR count). The summed E-state index contributed by atoms with van der Waals surface area (Å²) in [5.74, 6) is -6.00. The van der Waals surface area contributed by atoms with Crippen molar-refractivity contribution < 1.29 is 38.7 Å². The number of H-pyrrole nitrogens is 2. The Hall–Kier alpha value is -6.39. The standard InChI is InChI=1S/C45H52ClN11O8S2/c1-24(58)38(39(48)59)57-45(65)37-22-67-66-21-36(55-40(60)31(47)15-25-7-3-2-4-8-25)44(64)54-35(18-29-20-49-23-51-29)43(63)52-33(16-26-11-13-28(46)14-12-26)41(61)53-34(42(62)56-37)17-27-19-50-32-10-6-5-9-30(27)32/h2-14,19-20,23-24,31,33-38,50,58H,15-18,21-22,47H2,1H3,(H2,48,59)(H,49,51)(H,52,63)(H,53,61)(H,54,64)(H,55,60)(H,56,62)(H,57,65)/t24-,31-,33-,34+,35+,36+,37+,38+/m1/s1. The van der Waals surface area contributed by atoms with Crippen molar-refractivity contribution in [1.29, 1.82) is 0 Å². The van der Waals surface area contributed by atoms with Gasteiger partial charge in [0.25, 0.3) is 0 Å². The van der Waals surface area contributed by atoms with Gasteiger partial charge in [-0.1, -0.05) is 93.9 Å². The van der Waals surface area contributed by atoms with Gasteiger partial charge in [-0.2, -0.15) is 0 Å². The molecule has 13 N–H and O–H groups in total. The Bertz CT molecular complexity index is 2510. The number of carbonyl (C=O) groups is 7. The second kappa shape index (κ2) is 23.9.